The quantitative estimate of drug-likeness (QED) is 0.945. The number of halogens is 2. The Balaban J connectivity index is 2.44. The summed E-state index contributed by atoms with van der Waals surface area (Å²) in [6.45, 7) is 1.69. The molecule has 8 heteroatoms. The highest BCUT2D eigenvalue weighted by atomic mass is 35.5. The van der Waals surface area contributed by atoms with E-state index in [9.17, 15) is 8.42 Å². The third-order valence-electron chi connectivity index (χ3n) is 2.18. The Kier molecular flexibility index (Phi) is 3.52. The van der Waals surface area contributed by atoms with Gasteiger partial charge in [-0.25, -0.2) is 8.42 Å². The molecule has 0 aliphatic rings. The summed E-state index contributed by atoms with van der Waals surface area (Å²) in [6.07, 6.45) is 1.26. The number of nitrogens with zero attached hydrogens (tertiary/aromatic N) is 1. The van der Waals surface area contributed by atoms with Crippen molar-refractivity contribution in [3.63, 3.8) is 0 Å². The van der Waals surface area contributed by atoms with Crippen molar-refractivity contribution in [3.05, 3.63) is 40.1 Å². The van der Waals surface area contributed by atoms with E-state index in [1.54, 1.807) is 6.92 Å². The van der Waals surface area contributed by atoms with Crippen LogP contribution in [0.2, 0.25) is 10.0 Å². The Morgan fingerprint density at radius 3 is 2.61 bits per heavy atom. The molecule has 5 nitrogen and oxygen atoms in total. The molecule has 2 aromatic rings. The van der Waals surface area contributed by atoms with Gasteiger partial charge in [-0.1, -0.05) is 28.4 Å². The first-order chi connectivity index (χ1) is 8.40. The van der Waals surface area contributed by atoms with Gasteiger partial charge in [0.05, 0.1) is 5.02 Å². The van der Waals surface area contributed by atoms with Crippen LogP contribution < -0.4 is 4.72 Å². The lowest BCUT2D eigenvalue weighted by molar-refractivity contribution is 0.423. The molecule has 0 spiro atoms. The Bertz CT molecular complexity index is 669. The average Bonchev–Trinajstić information content (AvgIpc) is 2.75. The summed E-state index contributed by atoms with van der Waals surface area (Å²) in [5.74, 6) is 0.0821. The lowest BCUT2D eigenvalue weighted by Gasteiger charge is -2.08. The first-order valence-electron chi connectivity index (χ1n) is 4.79. The van der Waals surface area contributed by atoms with E-state index < -0.39 is 10.0 Å². The molecule has 0 radical (unpaired) electrons. The van der Waals surface area contributed by atoms with Crippen LogP contribution in [-0.2, 0) is 10.0 Å². The summed E-state index contributed by atoms with van der Waals surface area (Å²) >= 11 is 11.7. The summed E-state index contributed by atoms with van der Waals surface area (Å²) in [6, 6.07) is 4.16. The number of benzene rings is 1. The minimum absolute atomic E-state index is 0.0431. The minimum atomic E-state index is -3.82. The van der Waals surface area contributed by atoms with E-state index in [0.29, 0.717) is 10.6 Å². The Morgan fingerprint density at radius 1 is 1.28 bits per heavy atom. The molecule has 0 aliphatic heterocycles. The van der Waals surface area contributed by atoms with E-state index in [1.807, 2.05) is 0 Å². The average molecular weight is 307 g/mol. The fourth-order valence-electron chi connectivity index (χ4n) is 1.29. The van der Waals surface area contributed by atoms with Crippen LogP contribution in [0.1, 0.15) is 5.56 Å². The van der Waals surface area contributed by atoms with E-state index >= 15 is 0 Å². The van der Waals surface area contributed by atoms with E-state index in [1.165, 1.54) is 24.5 Å². The molecule has 2 rings (SSSR count). The number of aromatic nitrogens is 1. The van der Waals surface area contributed by atoms with Crippen LogP contribution in [-0.4, -0.2) is 13.6 Å². The highest BCUT2D eigenvalue weighted by Crippen LogP contribution is 2.29. The van der Waals surface area contributed by atoms with Crippen molar-refractivity contribution >= 4 is 39.0 Å². The van der Waals surface area contributed by atoms with Crippen molar-refractivity contribution < 1.29 is 12.9 Å². The third-order valence-corrected chi connectivity index (χ3v) is 4.41. The number of rotatable bonds is 3. The van der Waals surface area contributed by atoms with Gasteiger partial charge in [-0.2, -0.15) is 0 Å². The molecule has 0 amide bonds. The van der Waals surface area contributed by atoms with Gasteiger partial charge in [-0.05, 0) is 24.6 Å². The molecule has 0 unspecified atom stereocenters. The van der Waals surface area contributed by atoms with E-state index in [2.05, 4.69) is 14.4 Å². The molecular weight excluding hydrogens is 299 g/mol. The molecule has 0 saturated heterocycles. The minimum Gasteiger partial charge on any atom is -0.363 e. The lowest BCUT2D eigenvalue weighted by Crippen LogP contribution is -2.14. The molecule has 1 aromatic carbocycles. The van der Waals surface area contributed by atoms with Gasteiger partial charge < -0.3 is 4.52 Å². The largest absolute Gasteiger partial charge is 0.363 e. The van der Waals surface area contributed by atoms with Crippen LogP contribution in [0.4, 0.5) is 5.82 Å². The van der Waals surface area contributed by atoms with Crippen molar-refractivity contribution in [2.45, 2.75) is 11.8 Å². The molecule has 0 bridgehead atoms. The molecule has 0 aliphatic carbocycles. The zero-order chi connectivity index (χ0) is 13.3. The van der Waals surface area contributed by atoms with Gasteiger partial charge in [0.15, 0.2) is 5.82 Å². The molecule has 1 aromatic heterocycles. The molecule has 0 atom stereocenters. The monoisotopic (exact) mass is 306 g/mol. The van der Waals surface area contributed by atoms with E-state index in [4.69, 9.17) is 23.2 Å². The third kappa shape index (κ3) is 2.60. The van der Waals surface area contributed by atoms with Crippen LogP contribution in [0.5, 0.6) is 0 Å². The Morgan fingerprint density at radius 2 is 2.00 bits per heavy atom. The molecule has 96 valence electrons. The summed E-state index contributed by atoms with van der Waals surface area (Å²) in [7, 11) is -3.82. The fraction of sp³-hybridized carbons (Fsp3) is 0.100. The zero-order valence-corrected chi connectivity index (χ0v) is 11.5. The predicted molar refractivity (Wildman–Crippen MR) is 68.5 cm³/mol. The smallest absolute Gasteiger partial charge is 0.264 e. The first-order valence-corrected chi connectivity index (χ1v) is 7.03. The van der Waals surface area contributed by atoms with Gasteiger partial charge in [-0.15, -0.1) is 0 Å². The number of anilines is 1. The van der Waals surface area contributed by atoms with Gasteiger partial charge in [-0.3, -0.25) is 4.72 Å². The van der Waals surface area contributed by atoms with Crippen LogP contribution in [0, 0.1) is 6.92 Å². The van der Waals surface area contributed by atoms with Crippen molar-refractivity contribution in [3.8, 4) is 0 Å². The number of nitrogens with one attached hydrogen (secondary N) is 1. The maximum Gasteiger partial charge on any atom is 0.264 e. The number of aryl methyl sites for hydroxylation is 1. The molecule has 0 fully saturated rings. The van der Waals surface area contributed by atoms with Gasteiger partial charge in [0.1, 0.15) is 11.2 Å². The molecule has 0 saturated carbocycles. The topological polar surface area (TPSA) is 72.2 Å². The molecule has 1 heterocycles. The second-order valence-electron chi connectivity index (χ2n) is 3.52. The van der Waals surface area contributed by atoms with Crippen molar-refractivity contribution in [1.82, 2.24) is 5.16 Å². The Hall–Kier alpha value is -1.24. The molecular formula is C10H8Cl2N2O3S. The second-order valence-corrected chi connectivity index (χ2v) is 5.99. The van der Waals surface area contributed by atoms with Crippen LogP contribution in [0.3, 0.4) is 0 Å². The molecule has 18 heavy (non-hydrogen) atoms. The summed E-state index contributed by atoms with van der Waals surface area (Å²) in [4.78, 5) is -0.0610. The summed E-state index contributed by atoms with van der Waals surface area (Å²) < 4.78 is 30.9. The maximum absolute atomic E-state index is 12.1. The van der Waals surface area contributed by atoms with Crippen molar-refractivity contribution in [2.24, 2.45) is 0 Å². The number of sulfonamides is 1. The first kappa shape index (κ1) is 13.2. The van der Waals surface area contributed by atoms with Gasteiger partial charge >= 0.3 is 0 Å². The van der Waals surface area contributed by atoms with E-state index in [0.717, 1.165) is 0 Å². The lowest BCUT2D eigenvalue weighted by atomic mass is 10.2. The van der Waals surface area contributed by atoms with Crippen LogP contribution in [0.25, 0.3) is 0 Å². The van der Waals surface area contributed by atoms with Gasteiger partial charge in [0.2, 0.25) is 0 Å². The van der Waals surface area contributed by atoms with Crippen molar-refractivity contribution in [2.75, 3.05) is 4.72 Å². The maximum atomic E-state index is 12.1. The van der Waals surface area contributed by atoms with Crippen LogP contribution >= 0.6 is 23.2 Å². The highest BCUT2D eigenvalue weighted by Gasteiger charge is 2.20. The fourth-order valence-corrected chi connectivity index (χ4v) is 3.12. The number of hydrogen-bond donors (Lipinski definition) is 1. The summed E-state index contributed by atoms with van der Waals surface area (Å²) in [5, 5.41) is 3.91. The normalized spacial score (nSPS) is 11.5. The standard InChI is InChI=1S/C10H8Cl2N2O3S/c1-6-4-9(8(12)5-7(6)11)18(15,16)14-10-2-3-17-13-10/h2-5H,1H3,(H,13,14). The summed E-state index contributed by atoms with van der Waals surface area (Å²) in [5.41, 5.74) is 0.613. The number of hydrogen-bond acceptors (Lipinski definition) is 4. The highest BCUT2D eigenvalue weighted by molar-refractivity contribution is 7.92. The predicted octanol–water partition coefficient (Wildman–Crippen LogP) is 3.09. The Labute approximate surface area is 114 Å². The van der Waals surface area contributed by atoms with E-state index in [-0.39, 0.29) is 15.7 Å². The molecule has 1 N–H and O–H groups in total. The van der Waals surface area contributed by atoms with Gasteiger partial charge in [0.25, 0.3) is 10.0 Å². The van der Waals surface area contributed by atoms with Crippen LogP contribution in [0.15, 0.2) is 33.9 Å². The zero-order valence-electron chi connectivity index (χ0n) is 9.15. The SMILES string of the molecule is Cc1cc(S(=O)(=O)Nc2ccon2)c(Cl)cc1Cl. The van der Waals surface area contributed by atoms with Crippen molar-refractivity contribution in [1.29, 1.82) is 0 Å². The second kappa shape index (κ2) is 4.79. The van der Waals surface area contributed by atoms with Gasteiger partial charge in [0, 0.05) is 11.1 Å².